The van der Waals surface area contributed by atoms with Gasteiger partial charge in [0.1, 0.15) is 0 Å². The molecule has 0 spiro atoms. The summed E-state index contributed by atoms with van der Waals surface area (Å²) in [5.74, 6) is 0.0293. The third-order valence-electron chi connectivity index (χ3n) is 2.03. The Bertz CT molecular complexity index is 311. The van der Waals surface area contributed by atoms with Crippen LogP contribution in [0.25, 0.3) is 0 Å². The number of hydrogen-bond donors (Lipinski definition) is 1. The van der Waals surface area contributed by atoms with Crippen LogP contribution < -0.4 is 5.32 Å². The highest BCUT2D eigenvalue weighted by molar-refractivity contribution is 9.09. The van der Waals surface area contributed by atoms with E-state index in [4.69, 9.17) is 0 Å². The molecule has 1 rings (SSSR count). The minimum absolute atomic E-state index is 0.0293. The van der Waals surface area contributed by atoms with E-state index < -0.39 is 0 Å². The number of alkyl halides is 1. The molecule has 1 aromatic rings. The summed E-state index contributed by atoms with van der Waals surface area (Å²) in [6, 6.07) is 0. The van der Waals surface area contributed by atoms with Gasteiger partial charge in [-0.15, -0.1) is 0 Å². The van der Waals surface area contributed by atoms with Crippen LogP contribution in [0.3, 0.4) is 0 Å². The van der Waals surface area contributed by atoms with E-state index in [1.54, 1.807) is 11.3 Å². The van der Waals surface area contributed by atoms with Gasteiger partial charge in [-0.05, 0) is 24.3 Å². The van der Waals surface area contributed by atoms with Gasteiger partial charge in [0.2, 0.25) is 0 Å². The van der Waals surface area contributed by atoms with Crippen LogP contribution in [0.4, 0.5) is 0 Å². The largest absolute Gasteiger partial charge is 0.351 e. The molecule has 1 amide bonds. The Hall–Kier alpha value is -0.350. The molecule has 1 N–H and O–H groups in total. The first-order valence-electron chi connectivity index (χ1n) is 4.60. The Balaban J connectivity index is 2.47. The van der Waals surface area contributed by atoms with Crippen LogP contribution in [0.5, 0.6) is 0 Å². The van der Waals surface area contributed by atoms with E-state index in [1.165, 1.54) is 0 Å². The number of halogens is 1. The van der Waals surface area contributed by atoms with Crippen molar-refractivity contribution in [2.24, 2.45) is 0 Å². The number of thiophene rings is 1. The normalized spacial score (nSPS) is 12.5. The molecule has 1 atom stereocenters. The van der Waals surface area contributed by atoms with Crippen molar-refractivity contribution in [1.29, 1.82) is 0 Å². The highest BCUT2D eigenvalue weighted by atomic mass is 79.9. The molecule has 1 heterocycles. The Morgan fingerprint density at radius 3 is 2.86 bits per heavy atom. The molecule has 4 heteroatoms. The molecule has 0 radical (unpaired) electrons. The van der Waals surface area contributed by atoms with Gasteiger partial charge in [-0.1, -0.05) is 22.9 Å². The SMILES string of the molecule is CCC(Br)CNC(=O)c1cscc1C. The summed E-state index contributed by atoms with van der Waals surface area (Å²) < 4.78 is 0. The summed E-state index contributed by atoms with van der Waals surface area (Å²) in [7, 11) is 0. The maximum absolute atomic E-state index is 11.6. The van der Waals surface area contributed by atoms with Gasteiger partial charge in [-0.2, -0.15) is 11.3 Å². The molecule has 0 aliphatic rings. The molecular weight excluding hydrogens is 262 g/mol. The number of carbonyl (C=O) groups is 1. The molecule has 0 fully saturated rings. The maximum atomic E-state index is 11.6. The zero-order chi connectivity index (χ0) is 10.6. The van der Waals surface area contributed by atoms with E-state index in [1.807, 2.05) is 17.7 Å². The molecule has 0 aromatic carbocycles. The average Bonchev–Trinajstić information content (AvgIpc) is 2.60. The highest BCUT2D eigenvalue weighted by Gasteiger charge is 2.10. The monoisotopic (exact) mass is 275 g/mol. The number of rotatable bonds is 4. The van der Waals surface area contributed by atoms with E-state index in [2.05, 4.69) is 28.2 Å². The van der Waals surface area contributed by atoms with E-state index in [-0.39, 0.29) is 5.91 Å². The maximum Gasteiger partial charge on any atom is 0.252 e. The first-order chi connectivity index (χ1) is 6.65. The van der Waals surface area contributed by atoms with Crippen molar-refractivity contribution in [3.8, 4) is 0 Å². The molecule has 0 aliphatic carbocycles. The smallest absolute Gasteiger partial charge is 0.252 e. The minimum atomic E-state index is 0.0293. The zero-order valence-electron chi connectivity index (χ0n) is 8.34. The number of aryl methyl sites for hydroxylation is 1. The van der Waals surface area contributed by atoms with Crippen LogP contribution in [-0.2, 0) is 0 Å². The Morgan fingerprint density at radius 1 is 1.64 bits per heavy atom. The lowest BCUT2D eigenvalue weighted by molar-refractivity contribution is 0.0954. The molecule has 1 aromatic heterocycles. The van der Waals surface area contributed by atoms with E-state index >= 15 is 0 Å². The molecule has 0 saturated carbocycles. The second-order valence-corrected chi connectivity index (χ2v) is 5.22. The van der Waals surface area contributed by atoms with Crippen LogP contribution in [0.2, 0.25) is 0 Å². The number of carbonyl (C=O) groups excluding carboxylic acids is 1. The molecule has 0 bridgehead atoms. The molecule has 78 valence electrons. The quantitative estimate of drug-likeness (QED) is 0.842. The fourth-order valence-corrected chi connectivity index (χ4v) is 2.03. The van der Waals surface area contributed by atoms with Crippen molar-refractivity contribution >= 4 is 33.2 Å². The van der Waals surface area contributed by atoms with Gasteiger partial charge in [0, 0.05) is 16.8 Å². The van der Waals surface area contributed by atoms with Gasteiger partial charge < -0.3 is 5.32 Å². The van der Waals surface area contributed by atoms with Crippen LogP contribution in [0.15, 0.2) is 10.8 Å². The van der Waals surface area contributed by atoms with Crippen molar-refractivity contribution in [3.63, 3.8) is 0 Å². The van der Waals surface area contributed by atoms with Crippen molar-refractivity contribution in [2.45, 2.75) is 25.1 Å². The Labute approximate surface area is 96.8 Å². The van der Waals surface area contributed by atoms with Gasteiger partial charge >= 0.3 is 0 Å². The minimum Gasteiger partial charge on any atom is -0.351 e. The molecule has 0 saturated heterocycles. The molecule has 0 aliphatic heterocycles. The predicted molar refractivity (Wildman–Crippen MR) is 64.4 cm³/mol. The molecule has 2 nitrogen and oxygen atoms in total. The third kappa shape index (κ3) is 3.10. The summed E-state index contributed by atoms with van der Waals surface area (Å²) in [5.41, 5.74) is 1.85. The summed E-state index contributed by atoms with van der Waals surface area (Å²) in [5, 5.41) is 6.77. The Kier molecular flexibility index (Phi) is 4.62. The lowest BCUT2D eigenvalue weighted by Crippen LogP contribution is -2.29. The average molecular weight is 276 g/mol. The lowest BCUT2D eigenvalue weighted by atomic mass is 10.2. The molecule has 1 unspecified atom stereocenters. The van der Waals surface area contributed by atoms with Gasteiger partial charge in [-0.3, -0.25) is 4.79 Å². The van der Waals surface area contributed by atoms with Crippen LogP contribution in [-0.4, -0.2) is 17.3 Å². The van der Waals surface area contributed by atoms with Gasteiger partial charge in [0.15, 0.2) is 0 Å². The van der Waals surface area contributed by atoms with E-state index in [0.29, 0.717) is 11.4 Å². The molecular formula is C10H14BrNOS. The van der Waals surface area contributed by atoms with E-state index in [9.17, 15) is 4.79 Å². The predicted octanol–water partition coefficient (Wildman–Crippen LogP) is 2.96. The van der Waals surface area contributed by atoms with Crippen molar-refractivity contribution in [2.75, 3.05) is 6.54 Å². The first kappa shape index (κ1) is 11.7. The topological polar surface area (TPSA) is 29.1 Å². The standard InChI is InChI=1S/C10H14BrNOS/c1-3-8(11)4-12-10(13)9-6-14-5-7(9)2/h5-6,8H,3-4H2,1-2H3,(H,12,13). The lowest BCUT2D eigenvalue weighted by Gasteiger charge is -2.08. The van der Waals surface area contributed by atoms with Crippen molar-refractivity contribution in [1.82, 2.24) is 5.32 Å². The Morgan fingerprint density at radius 2 is 2.36 bits per heavy atom. The first-order valence-corrected chi connectivity index (χ1v) is 6.46. The van der Waals surface area contributed by atoms with Crippen LogP contribution >= 0.6 is 27.3 Å². The number of amides is 1. The number of nitrogens with one attached hydrogen (secondary N) is 1. The van der Waals surface area contributed by atoms with E-state index in [0.717, 1.165) is 17.5 Å². The van der Waals surface area contributed by atoms with Crippen LogP contribution in [0.1, 0.15) is 29.3 Å². The summed E-state index contributed by atoms with van der Waals surface area (Å²) >= 11 is 5.04. The van der Waals surface area contributed by atoms with Crippen LogP contribution in [0, 0.1) is 6.92 Å². The third-order valence-corrected chi connectivity index (χ3v) is 3.86. The zero-order valence-corrected chi connectivity index (χ0v) is 10.7. The van der Waals surface area contributed by atoms with Gasteiger partial charge in [0.25, 0.3) is 5.91 Å². The van der Waals surface area contributed by atoms with Crippen molar-refractivity contribution in [3.05, 3.63) is 21.9 Å². The number of hydrogen-bond acceptors (Lipinski definition) is 2. The highest BCUT2D eigenvalue weighted by Crippen LogP contribution is 2.13. The fraction of sp³-hybridized carbons (Fsp3) is 0.500. The van der Waals surface area contributed by atoms with Crippen molar-refractivity contribution < 1.29 is 4.79 Å². The molecule has 14 heavy (non-hydrogen) atoms. The second-order valence-electron chi connectivity index (χ2n) is 3.18. The van der Waals surface area contributed by atoms with Gasteiger partial charge in [0.05, 0.1) is 5.56 Å². The second kappa shape index (κ2) is 5.51. The fourth-order valence-electron chi connectivity index (χ4n) is 1.04. The van der Waals surface area contributed by atoms with Gasteiger partial charge in [-0.25, -0.2) is 0 Å². The summed E-state index contributed by atoms with van der Waals surface area (Å²) in [6.45, 7) is 4.73. The summed E-state index contributed by atoms with van der Waals surface area (Å²) in [4.78, 5) is 12.0. The summed E-state index contributed by atoms with van der Waals surface area (Å²) in [6.07, 6.45) is 1.02.